The van der Waals surface area contributed by atoms with Crippen LogP contribution in [0.5, 0.6) is 0 Å². The maximum atomic E-state index is 9.48. The number of aromatic amines is 1. The molecule has 0 saturated heterocycles. The van der Waals surface area contributed by atoms with Crippen LogP contribution >= 0.6 is 0 Å². The second-order valence-corrected chi connectivity index (χ2v) is 6.63. The minimum absolute atomic E-state index is 0.176. The Morgan fingerprint density at radius 3 is 2.88 bits per heavy atom. The van der Waals surface area contributed by atoms with Gasteiger partial charge in [-0.25, -0.2) is 15.0 Å². The second-order valence-electron chi connectivity index (χ2n) is 6.63. The lowest BCUT2D eigenvalue weighted by Gasteiger charge is -2.31. The fourth-order valence-electron chi connectivity index (χ4n) is 3.23. The van der Waals surface area contributed by atoms with E-state index in [1.165, 1.54) is 5.56 Å². The number of H-pyrrole nitrogens is 1. The lowest BCUT2D eigenvalue weighted by molar-refractivity contribution is 0.0732. The molecular weight excluding hydrogens is 302 g/mol. The summed E-state index contributed by atoms with van der Waals surface area (Å²) in [5.41, 5.74) is 4.26. The number of benzene rings is 1. The first-order valence-electron chi connectivity index (χ1n) is 8.25. The van der Waals surface area contributed by atoms with Gasteiger partial charge in [0.25, 0.3) is 0 Å². The normalized spacial score (nSPS) is 20.1. The number of rotatable bonds is 4. The zero-order valence-electron chi connectivity index (χ0n) is 13.9. The van der Waals surface area contributed by atoms with Crippen molar-refractivity contribution in [3.8, 4) is 0 Å². The van der Waals surface area contributed by atoms with Crippen molar-refractivity contribution in [2.75, 3.05) is 11.9 Å². The minimum Gasteiger partial charge on any atom is -0.393 e. The molecule has 4 rings (SSSR count). The van der Waals surface area contributed by atoms with Crippen LogP contribution < -0.4 is 4.90 Å². The average Bonchev–Trinajstić information content (AvgIpc) is 2.96. The van der Waals surface area contributed by atoms with E-state index < -0.39 is 0 Å². The van der Waals surface area contributed by atoms with Crippen molar-refractivity contribution in [2.45, 2.75) is 38.3 Å². The number of aryl methyl sites for hydroxylation is 1. The number of imidazole rings is 1. The molecule has 0 atom stereocenters. The first-order chi connectivity index (χ1) is 11.6. The fourth-order valence-corrected chi connectivity index (χ4v) is 3.23. The van der Waals surface area contributed by atoms with Crippen LogP contribution in [0.15, 0.2) is 30.6 Å². The van der Waals surface area contributed by atoms with Gasteiger partial charge in [-0.2, -0.15) is 0 Å². The third kappa shape index (κ3) is 2.73. The van der Waals surface area contributed by atoms with Gasteiger partial charge in [0.1, 0.15) is 18.0 Å². The smallest absolute Gasteiger partial charge is 0.132 e. The molecule has 3 aromatic rings. The van der Waals surface area contributed by atoms with E-state index >= 15 is 0 Å². The molecule has 2 heterocycles. The van der Waals surface area contributed by atoms with Crippen LogP contribution in [0.25, 0.3) is 11.0 Å². The predicted octanol–water partition coefficient (Wildman–Crippen LogP) is 2.54. The predicted molar refractivity (Wildman–Crippen MR) is 93.0 cm³/mol. The number of aliphatic hydroxyl groups excluding tert-OH is 1. The highest BCUT2D eigenvalue weighted by atomic mass is 16.3. The molecule has 6 nitrogen and oxygen atoms in total. The Kier molecular flexibility index (Phi) is 3.69. The summed E-state index contributed by atoms with van der Waals surface area (Å²) in [6.45, 7) is 2.72. The van der Waals surface area contributed by atoms with Crippen molar-refractivity contribution >= 4 is 16.9 Å². The molecule has 6 heteroatoms. The van der Waals surface area contributed by atoms with Crippen molar-refractivity contribution in [3.63, 3.8) is 0 Å². The van der Waals surface area contributed by atoms with Crippen molar-refractivity contribution in [2.24, 2.45) is 0 Å². The number of aliphatic hydroxyl groups is 1. The van der Waals surface area contributed by atoms with Gasteiger partial charge < -0.3 is 15.0 Å². The van der Waals surface area contributed by atoms with Gasteiger partial charge in [-0.15, -0.1) is 0 Å². The van der Waals surface area contributed by atoms with Gasteiger partial charge in [0, 0.05) is 24.7 Å². The van der Waals surface area contributed by atoms with Crippen LogP contribution in [0, 0.1) is 6.92 Å². The van der Waals surface area contributed by atoms with Crippen molar-refractivity contribution < 1.29 is 5.11 Å². The quantitative estimate of drug-likeness (QED) is 0.771. The Morgan fingerprint density at radius 2 is 2.12 bits per heavy atom. The zero-order chi connectivity index (χ0) is 16.7. The Bertz CT molecular complexity index is 869. The molecule has 2 N–H and O–H groups in total. The number of aromatic nitrogens is 4. The molecule has 1 aliphatic rings. The van der Waals surface area contributed by atoms with E-state index in [-0.39, 0.29) is 6.10 Å². The molecule has 2 aromatic heterocycles. The van der Waals surface area contributed by atoms with Crippen LogP contribution in [-0.4, -0.2) is 38.2 Å². The lowest BCUT2D eigenvalue weighted by Crippen LogP contribution is -2.27. The van der Waals surface area contributed by atoms with Crippen LogP contribution in [-0.2, 0) is 6.54 Å². The van der Waals surface area contributed by atoms with E-state index in [4.69, 9.17) is 4.98 Å². The molecule has 0 radical (unpaired) electrons. The van der Waals surface area contributed by atoms with E-state index in [9.17, 15) is 5.11 Å². The Labute approximate surface area is 140 Å². The number of hydrogen-bond donors (Lipinski definition) is 2. The Morgan fingerprint density at radius 1 is 1.29 bits per heavy atom. The van der Waals surface area contributed by atoms with Gasteiger partial charge in [0.15, 0.2) is 0 Å². The molecule has 1 saturated carbocycles. The maximum Gasteiger partial charge on any atom is 0.132 e. The van der Waals surface area contributed by atoms with E-state index in [1.54, 1.807) is 6.33 Å². The molecule has 1 aromatic carbocycles. The molecular formula is C18H21N5O. The van der Waals surface area contributed by atoms with E-state index in [0.29, 0.717) is 12.5 Å². The number of para-hydroxylation sites is 1. The largest absolute Gasteiger partial charge is 0.393 e. The molecule has 0 aliphatic heterocycles. The van der Waals surface area contributed by atoms with Gasteiger partial charge >= 0.3 is 0 Å². The molecule has 1 aliphatic carbocycles. The highest BCUT2D eigenvalue weighted by Gasteiger charge is 2.30. The van der Waals surface area contributed by atoms with E-state index in [1.807, 2.05) is 25.2 Å². The van der Waals surface area contributed by atoms with Gasteiger partial charge in [0.2, 0.25) is 0 Å². The zero-order valence-corrected chi connectivity index (χ0v) is 13.9. The number of anilines is 1. The SMILES string of the molecule is Cc1cccc2[nH]c(CN(C)c3cc(C4CC(O)C4)ncn3)nc12. The van der Waals surface area contributed by atoms with Crippen molar-refractivity contribution in [3.05, 3.63) is 47.7 Å². The average molecular weight is 323 g/mol. The summed E-state index contributed by atoms with van der Waals surface area (Å²) >= 11 is 0. The van der Waals surface area contributed by atoms with Gasteiger partial charge in [-0.05, 0) is 31.4 Å². The van der Waals surface area contributed by atoms with Crippen LogP contribution in [0.1, 0.15) is 35.8 Å². The molecule has 1 fully saturated rings. The highest BCUT2D eigenvalue weighted by Crippen LogP contribution is 2.36. The van der Waals surface area contributed by atoms with E-state index in [2.05, 4.69) is 32.8 Å². The fraction of sp³-hybridized carbons (Fsp3) is 0.389. The lowest BCUT2D eigenvalue weighted by atomic mass is 9.80. The van der Waals surface area contributed by atoms with Gasteiger partial charge in [0.05, 0.1) is 23.7 Å². The van der Waals surface area contributed by atoms with Crippen LogP contribution in [0.4, 0.5) is 5.82 Å². The Hall–Kier alpha value is -2.47. The summed E-state index contributed by atoms with van der Waals surface area (Å²) in [5.74, 6) is 2.14. The number of nitrogens with zero attached hydrogens (tertiary/aromatic N) is 4. The van der Waals surface area contributed by atoms with Gasteiger partial charge in [-0.1, -0.05) is 12.1 Å². The standard InChI is InChI=1S/C18H21N5O/c1-11-4-3-5-14-18(11)22-16(21-14)9-23(2)17-8-15(19-10-20-17)12-6-13(24)7-12/h3-5,8,10,12-13,24H,6-7,9H2,1-2H3,(H,21,22). The topological polar surface area (TPSA) is 77.9 Å². The first kappa shape index (κ1) is 15.1. The summed E-state index contributed by atoms with van der Waals surface area (Å²) in [6.07, 6.45) is 3.02. The molecule has 24 heavy (non-hydrogen) atoms. The molecule has 124 valence electrons. The second kappa shape index (κ2) is 5.87. The summed E-state index contributed by atoms with van der Waals surface area (Å²) in [5, 5.41) is 9.48. The highest BCUT2D eigenvalue weighted by molar-refractivity contribution is 5.78. The third-order valence-electron chi connectivity index (χ3n) is 4.75. The van der Waals surface area contributed by atoms with E-state index in [0.717, 1.165) is 41.2 Å². The summed E-state index contributed by atoms with van der Waals surface area (Å²) in [7, 11) is 2.00. The minimum atomic E-state index is -0.176. The summed E-state index contributed by atoms with van der Waals surface area (Å²) < 4.78 is 0. The summed E-state index contributed by atoms with van der Waals surface area (Å²) in [6, 6.07) is 8.17. The van der Waals surface area contributed by atoms with Crippen LogP contribution in [0.2, 0.25) is 0 Å². The van der Waals surface area contributed by atoms with Gasteiger partial charge in [-0.3, -0.25) is 0 Å². The van der Waals surface area contributed by atoms with Crippen molar-refractivity contribution in [1.82, 2.24) is 19.9 Å². The monoisotopic (exact) mass is 323 g/mol. The number of fused-ring (bicyclic) bond motifs is 1. The molecule has 0 unspecified atom stereocenters. The number of hydrogen-bond acceptors (Lipinski definition) is 5. The van der Waals surface area contributed by atoms with Crippen LogP contribution in [0.3, 0.4) is 0 Å². The molecule has 0 spiro atoms. The molecule has 0 amide bonds. The Balaban J connectivity index is 1.53. The first-order valence-corrected chi connectivity index (χ1v) is 8.25. The molecule has 0 bridgehead atoms. The number of nitrogens with one attached hydrogen (secondary N) is 1. The third-order valence-corrected chi connectivity index (χ3v) is 4.75. The maximum absolute atomic E-state index is 9.48. The summed E-state index contributed by atoms with van der Waals surface area (Å²) in [4.78, 5) is 18.9. The van der Waals surface area contributed by atoms with Crippen molar-refractivity contribution in [1.29, 1.82) is 0 Å².